The average molecular weight is 293 g/mol. The van der Waals surface area contributed by atoms with E-state index in [0.717, 1.165) is 18.2 Å². The fourth-order valence-corrected chi connectivity index (χ4v) is 2.01. The third kappa shape index (κ3) is 2.56. The second-order valence-electron chi connectivity index (χ2n) is 3.77. The Bertz CT molecular complexity index is 619. The Morgan fingerprint density at radius 2 is 1.42 bits per heavy atom. The molecule has 0 amide bonds. The largest absolute Gasteiger partial charge is 0.417 e. The maximum Gasteiger partial charge on any atom is 0.417 e. The first-order valence-corrected chi connectivity index (χ1v) is 5.50. The predicted octanol–water partition coefficient (Wildman–Crippen LogP) is 5.30. The lowest BCUT2D eigenvalue weighted by Gasteiger charge is -2.13. The molecule has 0 aliphatic rings. The molecule has 19 heavy (non-hydrogen) atoms. The van der Waals surface area contributed by atoms with Crippen LogP contribution in [0.25, 0.3) is 11.1 Å². The highest BCUT2D eigenvalue weighted by Crippen LogP contribution is 2.40. The van der Waals surface area contributed by atoms with Crippen LogP contribution in [0.4, 0.5) is 22.0 Å². The van der Waals surface area contributed by atoms with Gasteiger partial charge in [0.05, 0.1) is 10.6 Å². The highest BCUT2D eigenvalue weighted by molar-refractivity contribution is 6.34. The van der Waals surface area contributed by atoms with Gasteiger partial charge in [0.1, 0.15) is 0 Å². The van der Waals surface area contributed by atoms with Gasteiger partial charge in [-0.3, -0.25) is 0 Å². The molecule has 0 spiro atoms. The van der Waals surface area contributed by atoms with Gasteiger partial charge in [0.2, 0.25) is 0 Å². The van der Waals surface area contributed by atoms with Crippen molar-refractivity contribution in [1.82, 2.24) is 0 Å². The minimum absolute atomic E-state index is 0.200. The van der Waals surface area contributed by atoms with Crippen molar-refractivity contribution < 1.29 is 22.0 Å². The summed E-state index contributed by atoms with van der Waals surface area (Å²) >= 11 is 5.64. The van der Waals surface area contributed by atoms with Gasteiger partial charge in [-0.2, -0.15) is 13.2 Å². The topological polar surface area (TPSA) is 0 Å². The van der Waals surface area contributed by atoms with Gasteiger partial charge >= 0.3 is 6.18 Å². The Morgan fingerprint density at radius 3 is 2.05 bits per heavy atom. The highest BCUT2D eigenvalue weighted by Gasteiger charge is 2.34. The summed E-state index contributed by atoms with van der Waals surface area (Å²) in [4.78, 5) is 0. The van der Waals surface area contributed by atoms with Crippen molar-refractivity contribution in [1.29, 1.82) is 0 Å². The maximum absolute atomic E-state index is 13.6. The van der Waals surface area contributed by atoms with E-state index in [2.05, 4.69) is 0 Å². The molecule has 0 aliphatic heterocycles. The lowest BCUT2D eigenvalue weighted by Crippen LogP contribution is -2.06. The van der Waals surface area contributed by atoms with Crippen molar-refractivity contribution in [3.63, 3.8) is 0 Å². The normalized spacial score (nSPS) is 11.7. The molecule has 6 heteroatoms. The summed E-state index contributed by atoms with van der Waals surface area (Å²) in [6, 6.07) is 6.32. The number of alkyl halides is 3. The van der Waals surface area contributed by atoms with Gasteiger partial charge in [0.25, 0.3) is 0 Å². The van der Waals surface area contributed by atoms with Crippen LogP contribution in [-0.2, 0) is 6.18 Å². The monoisotopic (exact) mass is 292 g/mol. The van der Waals surface area contributed by atoms with E-state index in [4.69, 9.17) is 11.6 Å². The van der Waals surface area contributed by atoms with Gasteiger partial charge in [-0.15, -0.1) is 0 Å². The zero-order valence-corrected chi connectivity index (χ0v) is 9.99. The van der Waals surface area contributed by atoms with Gasteiger partial charge in [-0.25, -0.2) is 8.78 Å². The fraction of sp³-hybridized carbons (Fsp3) is 0.0769. The highest BCUT2D eigenvalue weighted by atomic mass is 35.5. The van der Waals surface area contributed by atoms with Crippen molar-refractivity contribution in [2.75, 3.05) is 0 Å². The quantitative estimate of drug-likeness (QED) is 0.625. The lowest BCUT2D eigenvalue weighted by atomic mass is 10.0. The Labute approximate surface area is 110 Å². The number of hydrogen-bond acceptors (Lipinski definition) is 0. The summed E-state index contributed by atoms with van der Waals surface area (Å²) in [6.07, 6.45) is -4.66. The van der Waals surface area contributed by atoms with Gasteiger partial charge < -0.3 is 0 Å². The van der Waals surface area contributed by atoms with Crippen molar-refractivity contribution in [2.45, 2.75) is 6.18 Å². The Hall–Kier alpha value is -1.62. The van der Waals surface area contributed by atoms with Crippen molar-refractivity contribution in [3.8, 4) is 11.1 Å². The predicted molar refractivity (Wildman–Crippen MR) is 61.8 cm³/mol. The zero-order valence-electron chi connectivity index (χ0n) is 9.23. The molecular formula is C13H6ClF5. The summed E-state index contributed by atoms with van der Waals surface area (Å²) in [7, 11) is 0. The molecule has 0 heterocycles. The van der Waals surface area contributed by atoms with Crippen molar-refractivity contribution >= 4 is 11.6 Å². The smallest absolute Gasteiger partial charge is 0.204 e. The molecule has 0 saturated heterocycles. The van der Waals surface area contributed by atoms with E-state index >= 15 is 0 Å². The van der Waals surface area contributed by atoms with Crippen LogP contribution in [-0.4, -0.2) is 0 Å². The van der Waals surface area contributed by atoms with E-state index in [1.807, 2.05) is 0 Å². The Morgan fingerprint density at radius 1 is 0.842 bits per heavy atom. The van der Waals surface area contributed by atoms with Gasteiger partial charge in [0, 0.05) is 11.1 Å². The average Bonchev–Trinajstić information content (AvgIpc) is 2.32. The van der Waals surface area contributed by atoms with Crippen LogP contribution in [0.2, 0.25) is 5.02 Å². The molecule has 2 rings (SSSR count). The first kappa shape index (κ1) is 13.8. The minimum Gasteiger partial charge on any atom is -0.204 e. The van der Waals surface area contributed by atoms with Crippen LogP contribution >= 0.6 is 11.6 Å². The van der Waals surface area contributed by atoms with E-state index in [1.54, 1.807) is 0 Å². The third-order valence-electron chi connectivity index (χ3n) is 2.55. The van der Waals surface area contributed by atoms with Crippen LogP contribution < -0.4 is 0 Å². The molecule has 0 aromatic heterocycles. The molecule has 0 unspecified atom stereocenters. The third-order valence-corrected chi connectivity index (χ3v) is 2.95. The minimum atomic E-state index is -4.66. The molecule has 0 bridgehead atoms. The molecule has 0 radical (unpaired) electrons. The lowest BCUT2D eigenvalue weighted by molar-refractivity contribution is -0.137. The summed E-state index contributed by atoms with van der Waals surface area (Å²) in [5, 5.41) is -0.653. The van der Waals surface area contributed by atoms with Crippen LogP contribution in [0.15, 0.2) is 36.4 Å². The second-order valence-corrected chi connectivity index (χ2v) is 4.14. The van der Waals surface area contributed by atoms with E-state index in [0.29, 0.717) is 0 Å². The Kier molecular flexibility index (Phi) is 3.49. The molecule has 0 saturated carbocycles. The van der Waals surface area contributed by atoms with Gasteiger partial charge in [-0.05, 0) is 12.1 Å². The number of halogens is 6. The molecule has 0 atom stereocenters. The van der Waals surface area contributed by atoms with Crippen molar-refractivity contribution in [2.24, 2.45) is 0 Å². The number of benzene rings is 2. The maximum atomic E-state index is 13.6. The fourth-order valence-electron chi connectivity index (χ4n) is 1.67. The van der Waals surface area contributed by atoms with Gasteiger partial charge in [-0.1, -0.05) is 35.9 Å². The number of hydrogen-bond donors (Lipinski definition) is 0. The van der Waals surface area contributed by atoms with E-state index in [9.17, 15) is 22.0 Å². The number of rotatable bonds is 1. The summed E-state index contributed by atoms with van der Waals surface area (Å²) in [5.74, 6) is -2.38. The molecule has 0 N–H and O–H groups in total. The SMILES string of the molecule is Fc1cccc(-c2cccc(C(F)(F)F)c2Cl)c1F. The summed E-state index contributed by atoms with van der Waals surface area (Å²) in [5.41, 5.74) is -1.60. The van der Waals surface area contributed by atoms with E-state index in [-0.39, 0.29) is 11.1 Å². The zero-order chi connectivity index (χ0) is 14.2. The molecule has 0 fully saturated rings. The van der Waals surface area contributed by atoms with Crippen LogP contribution in [0, 0.1) is 11.6 Å². The van der Waals surface area contributed by atoms with Crippen molar-refractivity contribution in [3.05, 3.63) is 58.6 Å². The van der Waals surface area contributed by atoms with Crippen LogP contribution in [0.5, 0.6) is 0 Å². The van der Waals surface area contributed by atoms with E-state index < -0.39 is 28.4 Å². The molecule has 100 valence electrons. The van der Waals surface area contributed by atoms with E-state index in [1.165, 1.54) is 18.2 Å². The molecule has 2 aromatic rings. The first-order chi connectivity index (χ1) is 8.82. The molecule has 0 aliphatic carbocycles. The first-order valence-electron chi connectivity index (χ1n) is 5.12. The van der Waals surface area contributed by atoms with Gasteiger partial charge in [0.15, 0.2) is 11.6 Å². The standard InChI is InChI=1S/C13H6ClF5/c14-11-7(3-1-5-9(11)13(17,18)19)8-4-2-6-10(15)12(8)16/h1-6H. The second kappa shape index (κ2) is 4.81. The summed E-state index contributed by atoms with van der Waals surface area (Å²) in [6.45, 7) is 0. The summed E-state index contributed by atoms with van der Waals surface area (Å²) < 4.78 is 64.7. The Balaban J connectivity index is 2.68. The molecule has 0 nitrogen and oxygen atoms in total. The van der Waals surface area contributed by atoms with Crippen LogP contribution in [0.3, 0.4) is 0 Å². The molecular weight excluding hydrogens is 287 g/mol. The molecule has 2 aromatic carbocycles. The van der Waals surface area contributed by atoms with Crippen LogP contribution in [0.1, 0.15) is 5.56 Å².